The van der Waals surface area contributed by atoms with Crippen LogP contribution in [0.4, 0.5) is 0 Å². The molecule has 9 heavy (non-hydrogen) atoms. The highest BCUT2D eigenvalue weighted by atomic mass is 16.3. The van der Waals surface area contributed by atoms with E-state index in [-0.39, 0.29) is 6.04 Å². The van der Waals surface area contributed by atoms with E-state index in [1.54, 1.807) is 0 Å². The zero-order valence-corrected chi connectivity index (χ0v) is 5.75. The minimum absolute atomic E-state index is 0.199. The molecule has 0 aromatic heterocycles. The predicted molar refractivity (Wildman–Crippen MR) is 35.8 cm³/mol. The van der Waals surface area contributed by atoms with Crippen molar-refractivity contribution in [1.82, 2.24) is 4.90 Å². The van der Waals surface area contributed by atoms with Crippen molar-refractivity contribution in [2.24, 2.45) is 5.73 Å². The summed E-state index contributed by atoms with van der Waals surface area (Å²) in [4.78, 5) is 2.10. The number of hydrogen-bond acceptors (Lipinski definition) is 3. The second-order valence-electron chi connectivity index (χ2n) is 2.68. The number of nitrogens with zero attached hydrogens (tertiary/aromatic N) is 1. The molecule has 1 fully saturated rings. The van der Waals surface area contributed by atoms with Crippen LogP contribution in [0.1, 0.15) is 12.8 Å². The molecule has 1 rings (SSSR count). The average molecular weight is 130 g/mol. The fourth-order valence-electron chi connectivity index (χ4n) is 1.37. The van der Waals surface area contributed by atoms with Crippen LogP contribution in [0.25, 0.3) is 0 Å². The van der Waals surface area contributed by atoms with E-state index in [0.29, 0.717) is 0 Å². The van der Waals surface area contributed by atoms with Crippen LogP contribution in [0.15, 0.2) is 0 Å². The summed E-state index contributed by atoms with van der Waals surface area (Å²) in [5.74, 6) is 0. The molecule has 1 aliphatic heterocycles. The van der Waals surface area contributed by atoms with Gasteiger partial charge >= 0.3 is 0 Å². The van der Waals surface area contributed by atoms with Gasteiger partial charge in [-0.15, -0.1) is 0 Å². The van der Waals surface area contributed by atoms with Gasteiger partial charge in [-0.2, -0.15) is 0 Å². The topological polar surface area (TPSA) is 49.5 Å². The molecule has 0 spiro atoms. The van der Waals surface area contributed by atoms with Gasteiger partial charge in [0.1, 0.15) is 6.23 Å². The summed E-state index contributed by atoms with van der Waals surface area (Å²) in [7, 11) is 1.99. The Morgan fingerprint density at radius 2 is 2.44 bits per heavy atom. The fraction of sp³-hybridized carbons (Fsp3) is 1.00. The van der Waals surface area contributed by atoms with E-state index < -0.39 is 6.23 Å². The average Bonchev–Trinajstić information content (AvgIpc) is 2.13. The smallest absolute Gasteiger partial charge is 0.118 e. The lowest BCUT2D eigenvalue weighted by molar-refractivity contribution is 0.0911. The second kappa shape index (κ2) is 2.64. The Balaban J connectivity index is 2.40. The Hall–Kier alpha value is -0.120. The Morgan fingerprint density at radius 3 is 2.67 bits per heavy atom. The SMILES string of the molecule is CN1CCC[C@H]1C(N)O. The first-order valence-electron chi connectivity index (χ1n) is 3.35. The summed E-state index contributed by atoms with van der Waals surface area (Å²) in [5.41, 5.74) is 5.30. The van der Waals surface area contributed by atoms with Crippen molar-refractivity contribution >= 4 is 0 Å². The van der Waals surface area contributed by atoms with Gasteiger partial charge in [-0.3, -0.25) is 4.90 Å². The Kier molecular flexibility index (Phi) is 2.05. The van der Waals surface area contributed by atoms with Crippen LogP contribution in [-0.4, -0.2) is 35.9 Å². The standard InChI is InChI=1S/C6H14N2O/c1-8-4-2-3-5(8)6(7)9/h5-6,9H,2-4,7H2,1H3/t5-,6?/m0/s1. The summed E-state index contributed by atoms with van der Waals surface area (Å²) in [6.45, 7) is 1.07. The second-order valence-corrected chi connectivity index (χ2v) is 2.68. The summed E-state index contributed by atoms with van der Waals surface area (Å²) in [6.07, 6.45) is 1.54. The quantitative estimate of drug-likeness (QED) is 0.464. The molecule has 1 aliphatic rings. The zero-order valence-electron chi connectivity index (χ0n) is 5.75. The minimum Gasteiger partial charge on any atom is -0.377 e. The first-order valence-corrected chi connectivity index (χ1v) is 3.35. The van der Waals surface area contributed by atoms with Crippen molar-refractivity contribution in [3.8, 4) is 0 Å². The lowest BCUT2D eigenvalue weighted by atomic mass is 10.2. The maximum Gasteiger partial charge on any atom is 0.118 e. The van der Waals surface area contributed by atoms with Crippen LogP contribution in [0, 0.1) is 0 Å². The van der Waals surface area contributed by atoms with Crippen molar-refractivity contribution in [3.05, 3.63) is 0 Å². The molecule has 1 heterocycles. The third-order valence-corrected chi connectivity index (χ3v) is 1.97. The molecule has 54 valence electrons. The summed E-state index contributed by atoms with van der Waals surface area (Å²) in [5, 5.41) is 8.96. The number of aliphatic hydroxyl groups excluding tert-OH is 1. The van der Waals surface area contributed by atoms with Crippen molar-refractivity contribution in [3.63, 3.8) is 0 Å². The van der Waals surface area contributed by atoms with Gasteiger partial charge in [0.05, 0.1) is 0 Å². The van der Waals surface area contributed by atoms with Gasteiger partial charge in [0.2, 0.25) is 0 Å². The highest BCUT2D eigenvalue weighted by Gasteiger charge is 2.24. The van der Waals surface area contributed by atoms with Crippen LogP contribution in [-0.2, 0) is 0 Å². The number of rotatable bonds is 1. The Labute approximate surface area is 55.5 Å². The van der Waals surface area contributed by atoms with Gasteiger partial charge in [0, 0.05) is 6.04 Å². The highest BCUT2D eigenvalue weighted by Crippen LogP contribution is 2.15. The molecule has 2 atom stereocenters. The van der Waals surface area contributed by atoms with Crippen molar-refractivity contribution in [1.29, 1.82) is 0 Å². The van der Waals surface area contributed by atoms with E-state index in [9.17, 15) is 0 Å². The monoisotopic (exact) mass is 130 g/mol. The number of nitrogens with two attached hydrogens (primary N) is 1. The summed E-state index contributed by atoms with van der Waals surface area (Å²) < 4.78 is 0. The maximum absolute atomic E-state index is 8.96. The van der Waals surface area contributed by atoms with E-state index in [1.165, 1.54) is 0 Å². The molecular weight excluding hydrogens is 116 g/mol. The summed E-state index contributed by atoms with van der Waals surface area (Å²) in [6, 6.07) is 0.199. The molecule has 0 amide bonds. The largest absolute Gasteiger partial charge is 0.377 e. The highest BCUT2D eigenvalue weighted by molar-refractivity contribution is 4.79. The molecule has 0 radical (unpaired) electrons. The van der Waals surface area contributed by atoms with Crippen LogP contribution >= 0.6 is 0 Å². The normalized spacial score (nSPS) is 33.0. The molecule has 1 saturated heterocycles. The van der Waals surface area contributed by atoms with E-state index >= 15 is 0 Å². The van der Waals surface area contributed by atoms with Crippen LogP contribution < -0.4 is 5.73 Å². The number of likely N-dealkylation sites (N-methyl/N-ethyl adjacent to an activating group) is 1. The summed E-state index contributed by atoms with van der Waals surface area (Å²) >= 11 is 0. The molecule has 0 aromatic carbocycles. The van der Waals surface area contributed by atoms with Gasteiger partial charge in [-0.1, -0.05) is 0 Å². The van der Waals surface area contributed by atoms with E-state index in [2.05, 4.69) is 4.90 Å². The van der Waals surface area contributed by atoms with E-state index in [0.717, 1.165) is 19.4 Å². The molecule has 3 heteroatoms. The van der Waals surface area contributed by atoms with Crippen LogP contribution in [0.2, 0.25) is 0 Å². The molecule has 0 bridgehead atoms. The van der Waals surface area contributed by atoms with Gasteiger partial charge in [-0.05, 0) is 26.4 Å². The molecule has 0 aromatic rings. The van der Waals surface area contributed by atoms with E-state index in [1.807, 2.05) is 7.05 Å². The van der Waals surface area contributed by atoms with Gasteiger partial charge < -0.3 is 10.8 Å². The molecule has 0 aliphatic carbocycles. The van der Waals surface area contributed by atoms with Gasteiger partial charge in [0.25, 0.3) is 0 Å². The van der Waals surface area contributed by atoms with Gasteiger partial charge in [-0.25, -0.2) is 0 Å². The molecule has 3 nitrogen and oxygen atoms in total. The first-order chi connectivity index (χ1) is 4.22. The fourth-order valence-corrected chi connectivity index (χ4v) is 1.37. The number of likely N-dealkylation sites (tertiary alicyclic amines) is 1. The van der Waals surface area contributed by atoms with Gasteiger partial charge in [0.15, 0.2) is 0 Å². The number of hydrogen-bond donors (Lipinski definition) is 2. The van der Waals surface area contributed by atoms with Crippen LogP contribution in [0.5, 0.6) is 0 Å². The minimum atomic E-state index is -0.655. The number of aliphatic hydroxyl groups is 1. The predicted octanol–water partition coefficient (Wildman–Crippen LogP) is -0.642. The van der Waals surface area contributed by atoms with Crippen molar-refractivity contribution in [2.45, 2.75) is 25.1 Å². The third kappa shape index (κ3) is 1.41. The zero-order chi connectivity index (χ0) is 6.85. The molecule has 1 unspecified atom stereocenters. The molecule has 0 saturated carbocycles. The molecule has 3 N–H and O–H groups in total. The Morgan fingerprint density at radius 1 is 1.78 bits per heavy atom. The van der Waals surface area contributed by atoms with Crippen LogP contribution in [0.3, 0.4) is 0 Å². The lowest BCUT2D eigenvalue weighted by Crippen LogP contribution is -2.41. The van der Waals surface area contributed by atoms with Crippen molar-refractivity contribution in [2.75, 3.05) is 13.6 Å². The first kappa shape index (κ1) is 6.99. The Bertz CT molecular complexity index is 95.1. The maximum atomic E-state index is 8.96. The van der Waals surface area contributed by atoms with Crippen molar-refractivity contribution < 1.29 is 5.11 Å². The lowest BCUT2D eigenvalue weighted by Gasteiger charge is -2.21. The third-order valence-electron chi connectivity index (χ3n) is 1.97. The molecular formula is C6H14N2O. The van der Waals surface area contributed by atoms with E-state index in [4.69, 9.17) is 10.8 Å².